The molecule has 0 aliphatic heterocycles. The van der Waals surface area contributed by atoms with Crippen LogP contribution in [-0.2, 0) is 6.54 Å². The molecule has 0 spiro atoms. The van der Waals surface area contributed by atoms with E-state index < -0.39 is 0 Å². The molecule has 0 aliphatic carbocycles. The summed E-state index contributed by atoms with van der Waals surface area (Å²) in [4.78, 5) is 21.9. The normalized spacial score (nSPS) is 10.4. The van der Waals surface area contributed by atoms with Crippen molar-refractivity contribution in [2.24, 2.45) is 0 Å². The second-order valence-corrected chi connectivity index (χ2v) is 5.76. The molecule has 26 heavy (non-hydrogen) atoms. The molecule has 1 N–H and O–H groups in total. The Morgan fingerprint density at radius 1 is 1.23 bits per heavy atom. The highest BCUT2D eigenvalue weighted by Crippen LogP contribution is 2.22. The minimum absolute atomic E-state index is 0.176. The Hall–Kier alpha value is -3.42. The average Bonchev–Trinajstić information content (AvgIpc) is 3.11. The van der Waals surface area contributed by atoms with Crippen molar-refractivity contribution in [3.05, 3.63) is 54.5 Å². The van der Waals surface area contributed by atoms with Gasteiger partial charge in [-0.15, -0.1) is 0 Å². The van der Waals surface area contributed by atoms with Crippen LogP contribution in [0.2, 0.25) is 0 Å². The highest BCUT2D eigenvalue weighted by molar-refractivity contribution is 5.73. The van der Waals surface area contributed by atoms with Crippen molar-refractivity contribution in [3.8, 4) is 23.0 Å². The molecule has 0 unspecified atom stereocenters. The molecule has 3 aromatic heterocycles. The molecule has 0 atom stereocenters. The number of methoxy groups -OCH3 is 1. The van der Waals surface area contributed by atoms with Crippen LogP contribution >= 0.6 is 0 Å². The summed E-state index contributed by atoms with van der Waals surface area (Å²) in [7, 11) is 4.95. The third-order valence-corrected chi connectivity index (χ3v) is 3.69. The van der Waals surface area contributed by atoms with Gasteiger partial charge in [0.1, 0.15) is 0 Å². The Balaban J connectivity index is 1.96. The van der Waals surface area contributed by atoms with E-state index >= 15 is 0 Å². The van der Waals surface area contributed by atoms with E-state index in [9.17, 15) is 4.79 Å². The SMILES string of the molecule is COc1ccc(-n2nc(CNC(=O)N(C)C)cc2-c2ccccn2)cn1. The van der Waals surface area contributed by atoms with E-state index in [-0.39, 0.29) is 6.03 Å². The number of pyridine rings is 2. The lowest BCUT2D eigenvalue weighted by atomic mass is 10.2. The molecule has 3 rings (SSSR count). The minimum atomic E-state index is -0.176. The Bertz CT molecular complexity index is 874. The molecule has 134 valence electrons. The van der Waals surface area contributed by atoms with Crippen LogP contribution < -0.4 is 10.1 Å². The number of ether oxygens (including phenoxy) is 1. The molecular formula is C18H20N6O2. The molecule has 8 nitrogen and oxygen atoms in total. The maximum Gasteiger partial charge on any atom is 0.317 e. The molecule has 8 heteroatoms. The predicted octanol–water partition coefficient (Wildman–Crippen LogP) is 2.11. The summed E-state index contributed by atoms with van der Waals surface area (Å²) in [5.74, 6) is 0.527. The van der Waals surface area contributed by atoms with Crippen LogP contribution in [0.25, 0.3) is 17.1 Å². The molecule has 3 heterocycles. The van der Waals surface area contributed by atoms with Crippen LogP contribution in [0.15, 0.2) is 48.8 Å². The van der Waals surface area contributed by atoms with Gasteiger partial charge in [-0.05, 0) is 24.3 Å². The monoisotopic (exact) mass is 352 g/mol. The number of carbonyl (C=O) groups excluding carboxylic acids is 1. The first-order valence-electron chi connectivity index (χ1n) is 8.04. The molecule has 0 bridgehead atoms. The lowest BCUT2D eigenvalue weighted by molar-refractivity contribution is 0.217. The number of hydrogen-bond donors (Lipinski definition) is 1. The van der Waals surface area contributed by atoms with Gasteiger partial charge in [0.2, 0.25) is 5.88 Å². The van der Waals surface area contributed by atoms with Gasteiger partial charge in [0.05, 0.1) is 42.6 Å². The van der Waals surface area contributed by atoms with Crippen LogP contribution in [0.3, 0.4) is 0 Å². The Morgan fingerprint density at radius 3 is 2.69 bits per heavy atom. The third-order valence-electron chi connectivity index (χ3n) is 3.69. The van der Waals surface area contributed by atoms with Crippen molar-refractivity contribution in [1.82, 2.24) is 30.0 Å². The second kappa shape index (κ2) is 7.64. The van der Waals surface area contributed by atoms with E-state index in [0.717, 1.165) is 22.8 Å². The summed E-state index contributed by atoms with van der Waals surface area (Å²) in [5.41, 5.74) is 3.08. The van der Waals surface area contributed by atoms with E-state index in [4.69, 9.17) is 4.74 Å². The zero-order valence-electron chi connectivity index (χ0n) is 14.9. The first-order valence-corrected chi connectivity index (χ1v) is 8.04. The number of hydrogen-bond acceptors (Lipinski definition) is 5. The fourth-order valence-electron chi connectivity index (χ4n) is 2.35. The second-order valence-electron chi connectivity index (χ2n) is 5.76. The zero-order chi connectivity index (χ0) is 18.5. The molecule has 0 saturated heterocycles. The lowest BCUT2D eigenvalue weighted by Gasteiger charge is -2.10. The number of nitrogens with one attached hydrogen (secondary N) is 1. The maximum absolute atomic E-state index is 11.8. The van der Waals surface area contributed by atoms with E-state index in [1.165, 1.54) is 4.90 Å². The van der Waals surface area contributed by atoms with Crippen molar-refractivity contribution in [2.75, 3.05) is 21.2 Å². The lowest BCUT2D eigenvalue weighted by Crippen LogP contribution is -2.34. The van der Waals surface area contributed by atoms with Crippen molar-refractivity contribution in [1.29, 1.82) is 0 Å². The number of urea groups is 1. The summed E-state index contributed by atoms with van der Waals surface area (Å²) in [6, 6.07) is 11.1. The molecular weight excluding hydrogens is 332 g/mol. The Morgan fingerprint density at radius 2 is 2.08 bits per heavy atom. The highest BCUT2D eigenvalue weighted by atomic mass is 16.5. The molecule has 0 saturated carbocycles. The summed E-state index contributed by atoms with van der Waals surface area (Å²) < 4.78 is 6.86. The maximum atomic E-state index is 11.8. The first-order chi connectivity index (χ1) is 12.6. The zero-order valence-corrected chi connectivity index (χ0v) is 14.9. The van der Waals surface area contributed by atoms with E-state index in [2.05, 4.69) is 20.4 Å². The van der Waals surface area contributed by atoms with Gasteiger partial charge in [-0.25, -0.2) is 14.5 Å². The van der Waals surface area contributed by atoms with Gasteiger partial charge >= 0.3 is 6.03 Å². The molecule has 0 aliphatic rings. The van der Waals surface area contributed by atoms with Crippen LogP contribution in [0.5, 0.6) is 5.88 Å². The van der Waals surface area contributed by atoms with E-state index in [1.807, 2.05) is 30.3 Å². The van der Waals surface area contributed by atoms with Gasteiger partial charge in [0.15, 0.2) is 0 Å². The largest absolute Gasteiger partial charge is 0.481 e. The van der Waals surface area contributed by atoms with Crippen molar-refractivity contribution in [3.63, 3.8) is 0 Å². The summed E-state index contributed by atoms with van der Waals surface area (Å²) in [5, 5.41) is 7.42. The number of nitrogens with zero attached hydrogens (tertiary/aromatic N) is 5. The summed E-state index contributed by atoms with van der Waals surface area (Å²) in [6.45, 7) is 0.313. The van der Waals surface area contributed by atoms with Gasteiger partial charge in [-0.3, -0.25) is 4.98 Å². The predicted molar refractivity (Wildman–Crippen MR) is 97.1 cm³/mol. The molecule has 3 aromatic rings. The minimum Gasteiger partial charge on any atom is -0.481 e. The molecule has 0 fully saturated rings. The van der Waals surface area contributed by atoms with Crippen LogP contribution in [0, 0.1) is 0 Å². The topological polar surface area (TPSA) is 85.2 Å². The molecule has 2 amide bonds. The Kier molecular flexibility index (Phi) is 5.12. The summed E-state index contributed by atoms with van der Waals surface area (Å²) in [6.07, 6.45) is 3.41. The quantitative estimate of drug-likeness (QED) is 0.760. The standard InChI is InChI=1S/C18H20N6O2/c1-23(2)18(25)21-11-13-10-16(15-6-4-5-9-19-15)24(22-13)14-7-8-17(26-3)20-12-14/h4-10,12H,11H2,1-3H3,(H,21,25). The van der Waals surface area contributed by atoms with Crippen LogP contribution in [-0.4, -0.2) is 51.9 Å². The third kappa shape index (κ3) is 3.80. The van der Waals surface area contributed by atoms with Crippen molar-refractivity contribution < 1.29 is 9.53 Å². The van der Waals surface area contributed by atoms with Gasteiger partial charge in [-0.2, -0.15) is 5.10 Å². The van der Waals surface area contributed by atoms with Gasteiger partial charge in [0.25, 0.3) is 0 Å². The van der Waals surface area contributed by atoms with Crippen molar-refractivity contribution >= 4 is 6.03 Å². The van der Waals surface area contributed by atoms with Crippen LogP contribution in [0.4, 0.5) is 4.79 Å². The Labute approximate surface area is 151 Å². The number of aromatic nitrogens is 4. The number of carbonyl (C=O) groups is 1. The van der Waals surface area contributed by atoms with Gasteiger partial charge in [0, 0.05) is 26.4 Å². The van der Waals surface area contributed by atoms with E-state index in [1.54, 1.807) is 44.3 Å². The molecule has 0 aromatic carbocycles. The van der Waals surface area contributed by atoms with Crippen molar-refractivity contribution in [2.45, 2.75) is 6.54 Å². The highest BCUT2D eigenvalue weighted by Gasteiger charge is 2.14. The number of amides is 2. The fourth-order valence-corrected chi connectivity index (χ4v) is 2.35. The van der Waals surface area contributed by atoms with Crippen LogP contribution in [0.1, 0.15) is 5.69 Å². The smallest absolute Gasteiger partial charge is 0.317 e. The first kappa shape index (κ1) is 17.4. The molecule has 0 radical (unpaired) electrons. The van der Waals surface area contributed by atoms with Gasteiger partial charge in [-0.1, -0.05) is 6.07 Å². The van der Waals surface area contributed by atoms with E-state index in [0.29, 0.717) is 12.4 Å². The number of rotatable bonds is 5. The van der Waals surface area contributed by atoms with Gasteiger partial charge < -0.3 is 15.0 Å². The average molecular weight is 352 g/mol. The fraction of sp³-hybridized carbons (Fsp3) is 0.222. The summed E-state index contributed by atoms with van der Waals surface area (Å²) >= 11 is 0.